The first-order valence-electron chi connectivity index (χ1n) is 9.90. The zero-order chi connectivity index (χ0) is 21.7. The molecule has 0 saturated carbocycles. The normalized spacial score (nSPS) is 16.8. The molecule has 1 unspecified atom stereocenters. The molecular formula is C20H19F2N7O2. The third-order valence-corrected chi connectivity index (χ3v) is 5.62. The van der Waals surface area contributed by atoms with Gasteiger partial charge >= 0.3 is 0 Å². The van der Waals surface area contributed by atoms with Gasteiger partial charge in [-0.2, -0.15) is 10.1 Å². The maximum Gasteiger partial charge on any atom is 0.263 e. The number of fused-ring (bicyclic) bond motifs is 2. The zero-order valence-electron chi connectivity index (χ0n) is 16.6. The highest BCUT2D eigenvalue weighted by Crippen LogP contribution is 2.34. The Morgan fingerprint density at radius 2 is 2.00 bits per heavy atom. The fraction of sp³-hybridized carbons (Fsp3) is 0.350. The summed E-state index contributed by atoms with van der Waals surface area (Å²) in [7, 11) is 1.69. The number of H-pyrrole nitrogens is 1. The first-order valence-corrected chi connectivity index (χ1v) is 9.90. The van der Waals surface area contributed by atoms with Gasteiger partial charge in [0.1, 0.15) is 11.2 Å². The lowest BCUT2D eigenvalue weighted by Gasteiger charge is -2.27. The Kier molecular flexibility index (Phi) is 4.53. The maximum atomic E-state index is 13.4. The number of hydrogen-bond acceptors (Lipinski definition) is 6. The van der Waals surface area contributed by atoms with Crippen LogP contribution in [0, 0.1) is 0 Å². The van der Waals surface area contributed by atoms with Crippen LogP contribution in [0.1, 0.15) is 24.7 Å². The Morgan fingerprint density at radius 3 is 2.81 bits per heavy atom. The predicted molar refractivity (Wildman–Crippen MR) is 110 cm³/mol. The summed E-state index contributed by atoms with van der Waals surface area (Å²) in [6.45, 7) is -0.213. The van der Waals surface area contributed by atoms with Crippen molar-refractivity contribution in [3.63, 3.8) is 0 Å². The van der Waals surface area contributed by atoms with Crippen LogP contribution in [0.2, 0.25) is 0 Å². The Hall–Kier alpha value is -3.63. The molecule has 31 heavy (non-hydrogen) atoms. The molecule has 0 spiro atoms. The van der Waals surface area contributed by atoms with Crippen LogP contribution in [0.3, 0.4) is 0 Å². The zero-order valence-corrected chi connectivity index (χ0v) is 16.6. The van der Waals surface area contributed by atoms with Crippen molar-refractivity contribution in [2.75, 3.05) is 11.4 Å². The van der Waals surface area contributed by atoms with Crippen LogP contribution in [0.25, 0.3) is 21.9 Å². The van der Waals surface area contributed by atoms with Gasteiger partial charge in [0.05, 0.1) is 29.7 Å². The molecule has 4 heterocycles. The molecule has 1 atom stereocenters. The number of nitrogens with zero attached hydrogens (tertiary/aromatic N) is 6. The summed E-state index contributed by atoms with van der Waals surface area (Å²) in [6.07, 6.45) is 0.0477. The lowest BCUT2D eigenvalue weighted by atomic mass is 10.1. The molecule has 0 amide bonds. The van der Waals surface area contributed by atoms with E-state index in [1.54, 1.807) is 31.3 Å². The molecule has 0 aliphatic carbocycles. The van der Waals surface area contributed by atoms with Gasteiger partial charge in [0.15, 0.2) is 5.65 Å². The largest absolute Gasteiger partial charge is 0.332 e. The summed E-state index contributed by atoms with van der Waals surface area (Å²) in [6, 6.07) is 6.21. The number of hydrogen-bond donors (Lipinski definition) is 1. The first-order chi connectivity index (χ1) is 14.9. The number of halogens is 2. The fourth-order valence-electron chi connectivity index (χ4n) is 4.20. The van der Waals surface area contributed by atoms with Crippen LogP contribution in [-0.4, -0.2) is 42.3 Å². The minimum Gasteiger partial charge on any atom is -0.332 e. The third-order valence-electron chi connectivity index (χ3n) is 5.62. The van der Waals surface area contributed by atoms with Gasteiger partial charge in [-0.25, -0.2) is 13.8 Å². The van der Waals surface area contributed by atoms with Crippen LogP contribution in [0.4, 0.5) is 14.7 Å². The number of aryl methyl sites for hydroxylation is 1. The summed E-state index contributed by atoms with van der Waals surface area (Å²) in [5.41, 5.74) is 0.0238. The second kappa shape index (κ2) is 7.25. The van der Waals surface area contributed by atoms with Gasteiger partial charge in [0, 0.05) is 13.6 Å². The van der Waals surface area contributed by atoms with Gasteiger partial charge in [-0.1, -0.05) is 12.1 Å². The number of anilines is 1. The number of rotatable bonds is 4. The molecule has 11 heteroatoms. The average molecular weight is 427 g/mol. The number of alkyl halides is 2. The summed E-state index contributed by atoms with van der Waals surface area (Å²) in [4.78, 5) is 39.2. The van der Waals surface area contributed by atoms with Gasteiger partial charge in [0.25, 0.3) is 17.5 Å². The van der Waals surface area contributed by atoms with Crippen molar-refractivity contribution < 1.29 is 8.78 Å². The molecule has 1 aromatic carbocycles. The molecule has 1 saturated heterocycles. The van der Waals surface area contributed by atoms with E-state index >= 15 is 0 Å². The number of aromatic amines is 1. The van der Waals surface area contributed by atoms with E-state index in [1.807, 2.05) is 4.90 Å². The topological polar surface area (TPSA) is 102 Å². The van der Waals surface area contributed by atoms with E-state index in [4.69, 9.17) is 0 Å². The lowest BCUT2D eigenvalue weighted by molar-refractivity contribution is 0.123. The molecular weight excluding hydrogens is 408 g/mol. The molecule has 1 aliphatic heterocycles. The third kappa shape index (κ3) is 3.16. The fourth-order valence-corrected chi connectivity index (χ4v) is 4.20. The van der Waals surface area contributed by atoms with E-state index in [2.05, 4.69) is 20.1 Å². The highest BCUT2D eigenvalue weighted by atomic mass is 19.3. The van der Waals surface area contributed by atoms with Crippen molar-refractivity contribution in [3.05, 3.63) is 57.0 Å². The molecule has 5 rings (SSSR count). The molecule has 4 aromatic rings. The summed E-state index contributed by atoms with van der Waals surface area (Å²) >= 11 is 0. The predicted octanol–water partition coefficient (Wildman–Crippen LogP) is 1.97. The number of benzene rings is 1. The Balaban J connectivity index is 1.68. The second-order valence-corrected chi connectivity index (χ2v) is 7.54. The summed E-state index contributed by atoms with van der Waals surface area (Å²) in [5, 5.41) is 4.72. The van der Waals surface area contributed by atoms with Crippen LogP contribution in [0.15, 0.2) is 40.1 Å². The van der Waals surface area contributed by atoms with Crippen molar-refractivity contribution in [2.45, 2.75) is 31.9 Å². The van der Waals surface area contributed by atoms with E-state index in [-0.39, 0.29) is 11.4 Å². The molecule has 1 N–H and O–H groups in total. The molecule has 0 bridgehead atoms. The average Bonchev–Trinajstić information content (AvgIpc) is 3.37. The van der Waals surface area contributed by atoms with Gasteiger partial charge in [0.2, 0.25) is 5.95 Å². The number of aromatic nitrogens is 6. The molecule has 0 radical (unpaired) electrons. The Bertz CT molecular complexity index is 1410. The lowest BCUT2D eigenvalue weighted by Crippen LogP contribution is -2.35. The van der Waals surface area contributed by atoms with Gasteiger partial charge in [-0.05, 0) is 25.0 Å². The SMILES string of the molecule is Cn1ncc2c(=O)[nH]c(N3CCCC3c3nc4ccccc4c(=O)n3CC(F)F)nc21. The molecule has 1 aliphatic rings. The van der Waals surface area contributed by atoms with E-state index < -0.39 is 24.6 Å². The van der Waals surface area contributed by atoms with Gasteiger partial charge in [-0.15, -0.1) is 0 Å². The van der Waals surface area contributed by atoms with E-state index in [0.29, 0.717) is 40.9 Å². The van der Waals surface area contributed by atoms with Crippen molar-refractivity contribution in [2.24, 2.45) is 7.05 Å². The van der Waals surface area contributed by atoms with Gasteiger partial charge < -0.3 is 4.90 Å². The first kappa shape index (κ1) is 19.3. The Labute approximate surface area is 174 Å². The van der Waals surface area contributed by atoms with E-state index in [1.165, 1.54) is 10.9 Å². The molecule has 9 nitrogen and oxygen atoms in total. The maximum absolute atomic E-state index is 13.4. The highest BCUT2D eigenvalue weighted by Gasteiger charge is 2.33. The second-order valence-electron chi connectivity index (χ2n) is 7.54. The highest BCUT2D eigenvalue weighted by molar-refractivity contribution is 5.77. The summed E-state index contributed by atoms with van der Waals surface area (Å²) < 4.78 is 29.3. The van der Waals surface area contributed by atoms with Crippen molar-refractivity contribution in [3.8, 4) is 0 Å². The monoisotopic (exact) mass is 427 g/mol. The molecule has 3 aromatic heterocycles. The van der Waals surface area contributed by atoms with E-state index in [9.17, 15) is 18.4 Å². The van der Waals surface area contributed by atoms with Gasteiger partial charge in [-0.3, -0.25) is 23.8 Å². The molecule has 1 fully saturated rings. The number of nitrogens with one attached hydrogen (secondary N) is 1. The van der Waals surface area contributed by atoms with Crippen LogP contribution < -0.4 is 16.0 Å². The van der Waals surface area contributed by atoms with Crippen LogP contribution in [0.5, 0.6) is 0 Å². The minimum absolute atomic E-state index is 0.245. The minimum atomic E-state index is -2.71. The van der Waals surface area contributed by atoms with Crippen LogP contribution >= 0.6 is 0 Å². The van der Waals surface area contributed by atoms with Crippen molar-refractivity contribution in [1.29, 1.82) is 0 Å². The van der Waals surface area contributed by atoms with Crippen molar-refractivity contribution in [1.82, 2.24) is 29.3 Å². The smallest absolute Gasteiger partial charge is 0.263 e. The standard InChI is InChI=1S/C20H19F2N7O2/c1-27-16-12(9-23-27)18(30)26-20(25-16)28-8-4-7-14(28)17-24-13-6-3-2-5-11(13)19(31)29(17)10-15(21)22/h2-3,5-6,9,14-15H,4,7-8,10H2,1H3,(H,25,26,30). The summed E-state index contributed by atoms with van der Waals surface area (Å²) in [5.74, 6) is 0.545. The van der Waals surface area contributed by atoms with Crippen LogP contribution in [-0.2, 0) is 13.6 Å². The van der Waals surface area contributed by atoms with E-state index in [0.717, 1.165) is 11.0 Å². The quantitative estimate of drug-likeness (QED) is 0.534. The number of para-hydroxylation sites is 1. The Morgan fingerprint density at radius 1 is 1.19 bits per heavy atom. The van der Waals surface area contributed by atoms with Crippen molar-refractivity contribution >= 4 is 27.9 Å². The molecule has 160 valence electrons.